The largest absolute Gasteiger partial charge is 0.382 e. The SMILES string of the molecule is CCOCCCBr.CCOCCCS(=O)(=O)c1ccc(Br)cc1. The van der Waals surface area contributed by atoms with Crippen molar-refractivity contribution in [1.82, 2.24) is 0 Å². The van der Waals surface area contributed by atoms with E-state index < -0.39 is 9.84 Å². The normalized spacial score (nSPS) is 11.0. The highest BCUT2D eigenvalue weighted by molar-refractivity contribution is 9.10. The van der Waals surface area contributed by atoms with Crippen molar-refractivity contribution in [1.29, 1.82) is 0 Å². The van der Waals surface area contributed by atoms with Gasteiger partial charge in [0.15, 0.2) is 9.84 Å². The van der Waals surface area contributed by atoms with Crippen molar-refractivity contribution in [2.24, 2.45) is 0 Å². The van der Waals surface area contributed by atoms with Crippen LogP contribution in [0.2, 0.25) is 0 Å². The summed E-state index contributed by atoms with van der Waals surface area (Å²) in [6.07, 6.45) is 1.65. The van der Waals surface area contributed by atoms with E-state index >= 15 is 0 Å². The lowest BCUT2D eigenvalue weighted by atomic mass is 10.4. The zero-order valence-corrected chi connectivity index (χ0v) is 17.8. The average Bonchev–Trinajstić information content (AvgIpc) is 2.53. The van der Waals surface area contributed by atoms with E-state index in [9.17, 15) is 8.42 Å². The van der Waals surface area contributed by atoms with Gasteiger partial charge >= 0.3 is 0 Å². The first-order chi connectivity index (χ1) is 11.0. The molecule has 4 nitrogen and oxygen atoms in total. The Hall–Kier alpha value is 0.0500. The van der Waals surface area contributed by atoms with Gasteiger partial charge in [-0.3, -0.25) is 0 Å². The van der Waals surface area contributed by atoms with Crippen LogP contribution in [0.3, 0.4) is 0 Å². The van der Waals surface area contributed by atoms with Gasteiger partial charge in [0.05, 0.1) is 10.6 Å². The molecule has 0 saturated heterocycles. The molecule has 0 N–H and O–H groups in total. The Balaban J connectivity index is 0.000000585. The monoisotopic (exact) mass is 472 g/mol. The maximum Gasteiger partial charge on any atom is 0.178 e. The van der Waals surface area contributed by atoms with Crippen molar-refractivity contribution < 1.29 is 17.9 Å². The predicted molar refractivity (Wildman–Crippen MR) is 102 cm³/mol. The number of rotatable bonds is 10. The van der Waals surface area contributed by atoms with Crippen LogP contribution in [0.1, 0.15) is 26.7 Å². The van der Waals surface area contributed by atoms with Crippen molar-refractivity contribution in [3.8, 4) is 0 Å². The van der Waals surface area contributed by atoms with Crippen molar-refractivity contribution in [2.45, 2.75) is 31.6 Å². The summed E-state index contributed by atoms with van der Waals surface area (Å²) in [7, 11) is -3.16. The van der Waals surface area contributed by atoms with Gasteiger partial charge in [-0.05, 0) is 51.0 Å². The smallest absolute Gasteiger partial charge is 0.178 e. The summed E-state index contributed by atoms with van der Waals surface area (Å²) in [4.78, 5) is 0.368. The number of benzene rings is 1. The number of sulfone groups is 1. The van der Waals surface area contributed by atoms with E-state index in [1.165, 1.54) is 0 Å². The Labute approximate surface area is 157 Å². The van der Waals surface area contributed by atoms with Crippen molar-refractivity contribution in [2.75, 3.05) is 37.5 Å². The first kappa shape index (κ1) is 23.1. The van der Waals surface area contributed by atoms with E-state index in [4.69, 9.17) is 9.47 Å². The molecule has 0 amide bonds. The molecule has 0 saturated carbocycles. The molecule has 0 aliphatic rings. The summed E-state index contributed by atoms with van der Waals surface area (Å²) in [5.41, 5.74) is 0. The molecule has 0 aromatic heterocycles. The highest BCUT2D eigenvalue weighted by atomic mass is 79.9. The standard InChI is InChI=1S/C11H15BrO3S.C5H11BrO/c1-2-15-8-3-9-16(13,14)11-6-4-10(12)5-7-11;1-2-7-5-3-4-6/h4-7H,2-3,8-9H2,1H3;2-5H2,1H3. The van der Waals surface area contributed by atoms with Gasteiger partial charge in [0.25, 0.3) is 0 Å². The summed E-state index contributed by atoms with van der Waals surface area (Å²) >= 11 is 6.57. The molecule has 0 fully saturated rings. The van der Waals surface area contributed by atoms with Crippen LogP contribution in [0.5, 0.6) is 0 Å². The number of hydrogen-bond donors (Lipinski definition) is 0. The predicted octanol–water partition coefficient (Wildman–Crippen LogP) is 4.46. The maximum atomic E-state index is 11.8. The maximum absolute atomic E-state index is 11.8. The second-order valence-corrected chi connectivity index (χ2v) is 8.38. The molecule has 1 aromatic rings. The molecule has 7 heteroatoms. The molecule has 0 aliphatic carbocycles. The molecule has 0 aliphatic heterocycles. The van der Waals surface area contributed by atoms with E-state index in [1.54, 1.807) is 24.3 Å². The molecule has 0 radical (unpaired) electrons. The minimum absolute atomic E-state index is 0.134. The van der Waals surface area contributed by atoms with Gasteiger partial charge in [0.1, 0.15) is 0 Å². The van der Waals surface area contributed by atoms with E-state index in [0.29, 0.717) is 24.5 Å². The number of hydrogen-bond acceptors (Lipinski definition) is 4. The first-order valence-corrected chi connectivity index (χ1v) is 11.2. The zero-order valence-electron chi connectivity index (χ0n) is 13.8. The van der Waals surface area contributed by atoms with Crippen molar-refractivity contribution in [3.63, 3.8) is 0 Å². The van der Waals surface area contributed by atoms with Gasteiger partial charge in [0.2, 0.25) is 0 Å². The van der Waals surface area contributed by atoms with Crippen LogP contribution in [0, 0.1) is 0 Å². The van der Waals surface area contributed by atoms with E-state index in [-0.39, 0.29) is 5.75 Å². The Morgan fingerprint density at radius 1 is 0.957 bits per heavy atom. The molecule has 0 atom stereocenters. The molecule has 0 heterocycles. The zero-order chi connectivity index (χ0) is 17.6. The van der Waals surface area contributed by atoms with Gasteiger partial charge in [-0.15, -0.1) is 0 Å². The Kier molecular flexibility index (Phi) is 14.4. The fraction of sp³-hybridized carbons (Fsp3) is 0.625. The molecule has 0 unspecified atom stereocenters. The highest BCUT2D eigenvalue weighted by Gasteiger charge is 2.13. The van der Waals surface area contributed by atoms with Crippen LogP contribution in [0.15, 0.2) is 33.6 Å². The van der Waals surface area contributed by atoms with Gasteiger partial charge in [-0.25, -0.2) is 8.42 Å². The molecule has 1 aromatic carbocycles. The molecule has 0 bridgehead atoms. The molecule has 0 spiro atoms. The fourth-order valence-electron chi connectivity index (χ4n) is 1.56. The number of alkyl halides is 1. The second-order valence-electron chi connectivity index (χ2n) is 4.56. The van der Waals surface area contributed by atoms with Crippen molar-refractivity contribution >= 4 is 41.7 Å². The number of halogens is 2. The van der Waals surface area contributed by atoms with Crippen LogP contribution in [-0.2, 0) is 19.3 Å². The minimum Gasteiger partial charge on any atom is -0.382 e. The fourth-order valence-corrected chi connectivity index (χ4v) is 3.33. The van der Waals surface area contributed by atoms with Crippen LogP contribution in [-0.4, -0.2) is 45.9 Å². The minimum atomic E-state index is -3.16. The lowest BCUT2D eigenvalue weighted by Gasteiger charge is -2.04. The third-order valence-corrected chi connectivity index (χ3v) is 5.61. The van der Waals surface area contributed by atoms with Gasteiger partial charge < -0.3 is 9.47 Å². The summed E-state index contributed by atoms with van der Waals surface area (Å²) in [5.74, 6) is 0.134. The van der Waals surface area contributed by atoms with Crippen LogP contribution in [0.25, 0.3) is 0 Å². The molecular formula is C16H26Br2O4S. The Bertz CT molecular complexity index is 485. The van der Waals surface area contributed by atoms with Crippen LogP contribution < -0.4 is 0 Å². The molecule has 1 rings (SSSR count). The van der Waals surface area contributed by atoms with Gasteiger partial charge in [-0.2, -0.15) is 0 Å². The topological polar surface area (TPSA) is 52.6 Å². The summed E-state index contributed by atoms with van der Waals surface area (Å²) in [6, 6.07) is 6.69. The van der Waals surface area contributed by atoms with Gasteiger partial charge in [0, 0.05) is 36.2 Å². The van der Waals surface area contributed by atoms with Crippen LogP contribution in [0.4, 0.5) is 0 Å². The van der Waals surface area contributed by atoms with Crippen LogP contribution >= 0.6 is 31.9 Å². The summed E-state index contributed by atoms with van der Waals surface area (Å²) in [6.45, 7) is 6.75. The number of ether oxygens (including phenoxy) is 2. The third-order valence-electron chi connectivity index (χ3n) is 2.71. The molecular weight excluding hydrogens is 448 g/mol. The Morgan fingerprint density at radius 2 is 1.48 bits per heavy atom. The van der Waals surface area contributed by atoms with E-state index in [1.807, 2.05) is 13.8 Å². The second kappa shape index (κ2) is 14.4. The first-order valence-electron chi connectivity index (χ1n) is 7.67. The molecule has 134 valence electrons. The van der Waals surface area contributed by atoms with E-state index in [0.717, 1.165) is 29.4 Å². The van der Waals surface area contributed by atoms with Crippen molar-refractivity contribution in [3.05, 3.63) is 28.7 Å². The highest BCUT2D eigenvalue weighted by Crippen LogP contribution is 2.16. The van der Waals surface area contributed by atoms with E-state index in [2.05, 4.69) is 31.9 Å². The molecule has 23 heavy (non-hydrogen) atoms. The van der Waals surface area contributed by atoms with Gasteiger partial charge in [-0.1, -0.05) is 31.9 Å². The third kappa shape index (κ3) is 12.1. The summed E-state index contributed by atoms with van der Waals surface area (Å²) < 4.78 is 34.7. The Morgan fingerprint density at radius 3 is 1.96 bits per heavy atom. The summed E-state index contributed by atoms with van der Waals surface area (Å²) in [5, 5.41) is 1.05. The average molecular weight is 474 g/mol. The lowest BCUT2D eigenvalue weighted by Crippen LogP contribution is -2.09. The quantitative estimate of drug-likeness (QED) is 0.372. The lowest BCUT2D eigenvalue weighted by molar-refractivity contribution is 0.148.